The Labute approximate surface area is 102 Å². The van der Waals surface area contributed by atoms with E-state index in [0.29, 0.717) is 0 Å². The van der Waals surface area contributed by atoms with Crippen molar-refractivity contribution in [3.63, 3.8) is 0 Å². The minimum atomic E-state index is -0.254. The number of ether oxygens (including phenoxy) is 1. The van der Waals surface area contributed by atoms with E-state index in [1.165, 1.54) is 0 Å². The summed E-state index contributed by atoms with van der Waals surface area (Å²) >= 11 is 0. The van der Waals surface area contributed by atoms with Gasteiger partial charge in [0.1, 0.15) is 5.75 Å². The highest BCUT2D eigenvalue weighted by molar-refractivity contribution is 5.78. The van der Waals surface area contributed by atoms with E-state index in [1.807, 2.05) is 39.0 Å². The average molecular weight is 234 g/mol. The van der Waals surface area contributed by atoms with Gasteiger partial charge in [-0.25, -0.2) is 5.43 Å². The largest absolute Gasteiger partial charge is 0.483 e. The minimum Gasteiger partial charge on any atom is -0.483 e. The number of rotatable bonds is 5. The van der Waals surface area contributed by atoms with Crippen LogP contribution in [0.4, 0.5) is 0 Å². The molecule has 1 rings (SSSR count). The molecule has 0 aromatic heterocycles. The fourth-order valence-corrected chi connectivity index (χ4v) is 1.25. The molecule has 0 saturated carbocycles. The first-order valence-corrected chi connectivity index (χ1v) is 5.64. The van der Waals surface area contributed by atoms with Crippen molar-refractivity contribution in [2.75, 3.05) is 6.61 Å². The summed E-state index contributed by atoms with van der Waals surface area (Å²) in [4.78, 5) is 11.3. The molecule has 4 nitrogen and oxygen atoms in total. The molecule has 0 heterocycles. The average Bonchev–Trinajstić information content (AvgIpc) is 2.31. The summed E-state index contributed by atoms with van der Waals surface area (Å²) < 4.78 is 5.42. The monoisotopic (exact) mass is 234 g/mol. The molecule has 0 fully saturated rings. The summed E-state index contributed by atoms with van der Waals surface area (Å²) in [6.07, 6.45) is 2.42. The molecule has 0 saturated heterocycles. The normalized spacial score (nSPS) is 10.5. The van der Waals surface area contributed by atoms with Crippen LogP contribution >= 0.6 is 0 Å². The van der Waals surface area contributed by atoms with Gasteiger partial charge < -0.3 is 4.74 Å². The van der Waals surface area contributed by atoms with Gasteiger partial charge in [0.25, 0.3) is 5.91 Å². The van der Waals surface area contributed by atoms with Gasteiger partial charge >= 0.3 is 0 Å². The molecule has 1 aromatic carbocycles. The number of nitrogens with zero attached hydrogens (tertiary/aromatic N) is 1. The van der Waals surface area contributed by atoms with Crippen molar-refractivity contribution in [3.8, 4) is 5.75 Å². The van der Waals surface area contributed by atoms with Gasteiger partial charge in [-0.1, -0.05) is 19.1 Å². The van der Waals surface area contributed by atoms with E-state index in [0.717, 1.165) is 23.3 Å². The Balaban J connectivity index is 2.47. The molecule has 92 valence electrons. The Hall–Kier alpha value is -1.84. The van der Waals surface area contributed by atoms with Crippen LogP contribution in [0.1, 0.15) is 24.5 Å². The highest BCUT2D eigenvalue weighted by Gasteiger charge is 2.03. The van der Waals surface area contributed by atoms with E-state index >= 15 is 0 Å². The van der Waals surface area contributed by atoms with Crippen LogP contribution in [-0.2, 0) is 4.79 Å². The molecule has 0 bridgehead atoms. The van der Waals surface area contributed by atoms with Crippen LogP contribution in [0, 0.1) is 13.8 Å². The number of amides is 1. The van der Waals surface area contributed by atoms with Gasteiger partial charge in [-0.2, -0.15) is 5.10 Å². The van der Waals surface area contributed by atoms with Crippen molar-refractivity contribution in [1.29, 1.82) is 0 Å². The number of aryl methyl sites for hydroxylation is 2. The molecule has 17 heavy (non-hydrogen) atoms. The smallest absolute Gasteiger partial charge is 0.277 e. The minimum absolute atomic E-state index is 0.0225. The summed E-state index contributed by atoms with van der Waals surface area (Å²) in [5.74, 6) is 0.482. The summed E-state index contributed by atoms with van der Waals surface area (Å²) in [6, 6.07) is 5.89. The van der Waals surface area contributed by atoms with Gasteiger partial charge in [-0.3, -0.25) is 4.79 Å². The topological polar surface area (TPSA) is 50.7 Å². The van der Waals surface area contributed by atoms with E-state index in [9.17, 15) is 4.79 Å². The lowest BCUT2D eigenvalue weighted by atomic mass is 10.1. The molecule has 0 unspecified atom stereocenters. The van der Waals surface area contributed by atoms with Crippen LogP contribution in [0.3, 0.4) is 0 Å². The number of carbonyl (C=O) groups excluding carboxylic acids is 1. The molecule has 0 radical (unpaired) electrons. The Morgan fingerprint density at radius 1 is 1.47 bits per heavy atom. The van der Waals surface area contributed by atoms with Gasteiger partial charge in [0.15, 0.2) is 6.61 Å². The Kier molecular flexibility index (Phi) is 5.20. The lowest BCUT2D eigenvalue weighted by molar-refractivity contribution is -0.123. The summed E-state index contributed by atoms with van der Waals surface area (Å²) in [5, 5.41) is 3.74. The lowest BCUT2D eigenvalue weighted by Crippen LogP contribution is -2.24. The third kappa shape index (κ3) is 4.68. The number of carbonyl (C=O) groups is 1. The maximum atomic E-state index is 11.3. The highest BCUT2D eigenvalue weighted by Crippen LogP contribution is 2.18. The standard InChI is InChI=1S/C13H18N2O2/c1-4-7-14-15-13(16)9-17-12-8-10(2)5-6-11(12)3/h5-8H,4,9H2,1-3H3,(H,15,16)/b14-7+. The molecule has 1 aromatic rings. The van der Waals surface area contributed by atoms with Gasteiger partial charge in [0.05, 0.1) is 0 Å². The van der Waals surface area contributed by atoms with E-state index in [2.05, 4.69) is 10.5 Å². The van der Waals surface area contributed by atoms with Crippen LogP contribution in [0.5, 0.6) is 5.75 Å². The Morgan fingerprint density at radius 2 is 2.24 bits per heavy atom. The lowest BCUT2D eigenvalue weighted by Gasteiger charge is -2.08. The second-order valence-electron chi connectivity index (χ2n) is 3.81. The van der Waals surface area contributed by atoms with Crippen LogP contribution in [-0.4, -0.2) is 18.7 Å². The molecule has 4 heteroatoms. The Morgan fingerprint density at radius 3 is 2.94 bits per heavy atom. The van der Waals surface area contributed by atoms with Crippen molar-refractivity contribution >= 4 is 12.1 Å². The predicted molar refractivity (Wildman–Crippen MR) is 68.3 cm³/mol. The molecular weight excluding hydrogens is 216 g/mol. The van der Waals surface area contributed by atoms with Gasteiger partial charge in [-0.15, -0.1) is 0 Å². The second-order valence-corrected chi connectivity index (χ2v) is 3.81. The fourth-order valence-electron chi connectivity index (χ4n) is 1.25. The van der Waals surface area contributed by atoms with E-state index < -0.39 is 0 Å². The van der Waals surface area contributed by atoms with Crippen LogP contribution in [0.2, 0.25) is 0 Å². The van der Waals surface area contributed by atoms with E-state index in [1.54, 1.807) is 6.21 Å². The van der Waals surface area contributed by atoms with Crippen molar-refractivity contribution in [1.82, 2.24) is 5.43 Å². The third-order valence-electron chi connectivity index (χ3n) is 2.17. The summed E-state index contributed by atoms with van der Waals surface area (Å²) in [7, 11) is 0. The number of hydrogen-bond acceptors (Lipinski definition) is 3. The van der Waals surface area contributed by atoms with Crippen molar-refractivity contribution in [2.45, 2.75) is 27.2 Å². The first kappa shape index (κ1) is 13.2. The molecule has 0 aliphatic carbocycles. The van der Waals surface area contributed by atoms with E-state index in [-0.39, 0.29) is 12.5 Å². The zero-order valence-electron chi connectivity index (χ0n) is 10.5. The highest BCUT2D eigenvalue weighted by atomic mass is 16.5. The SMILES string of the molecule is CC/C=N/NC(=O)COc1cc(C)ccc1C. The second kappa shape index (κ2) is 6.68. The number of hydrogen-bond donors (Lipinski definition) is 1. The zero-order chi connectivity index (χ0) is 12.7. The maximum absolute atomic E-state index is 11.3. The molecule has 0 aliphatic heterocycles. The molecule has 0 atom stereocenters. The van der Waals surface area contributed by atoms with Gasteiger partial charge in [0.2, 0.25) is 0 Å². The molecule has 0 aliphatic rings. The summed E-state index contributed by atoms with van der Waals surface area (Å²) in [5.41, 5.74) is 4.51. The van der Waals surface area contributed by atoms with Gasteiger partial charge in [0, 0.05) is 6.21 Å². The first-order valence-electron chi connectivity index (χ1n) is 5.64. The van der Waals surface area contributed by atoms with Crippen molar-refractivity contribution < 1.29 is 9.53 Å². The quantitative estimate of drug-likeness (QED) is 0.627. The van der Waals surface area contributed by atoms with Crippen LogP contribution in [0.25, 0.3) is 0 Å². The van der Waals surface area contributed by atoms with Crippen LogP contribution in [0.15, 0.2) is 23.3 Å². The third-order valence-corrected chi connectivity index (χ3v) is 2.17. The molecule has 1 N–H and O–H groups in total. The first-order chi connectivity index (χ1) is 8.13. The number of benzene rings is 1. The predicted octanol–water partition coefficient (Wildman–Crippen LogP) is 2.19. The molecular formula is C13H18N2O2. The number of hydrazone groups is 1. The Bertz CT molecular complexity index is 414. The van der Waals surface area contributed by atoms with E-state index in [4.69, 9.17) is 4.74 Å². The van der Waals surface area contributed by atoms with Crippen LogP contribution < -0.4 is 10.2 Å². The van der Waals surface area contributed by atoms with Crippen molar-refractivity contribution in [3.05, 3.63) is 29.3 Å². The molecule has 1 amide bonds. The summed E-state index contributed by atoms with van der Waals surface area (Å²) in [6.45, 7) is 5.85. The number of nitrogens with one attached hydrogen (secondary N) is 1. The van der Waals surface area contributed by atoms with Gasteiger partial charge in [-0.05, 0) is 37.5 Å². The van der Waals surface area contributed by atoms with Crippen molar-refractivity contribution in [2.24, 2.45) is 5.10 Å². The fraction of sp³-hybridized carbons (Fsp3) is 0.385. The maximum Gasteiger partial charge on any atom is 0.277 e. The molecule has 0 spiro atoms. The zero-order valence-corrected chi connectivity index (χ0v) is 10.5.